The largest absolute Gasteiger partial charge is 0.495 e. The van der Waals surface area contributed by atoms with E-state index in [1.54, 1.807) is 26.1 Å². The van der Waals surface area contributed by atoms with E-state index in [-0.39, 0.29) is 95.2 Å². The van der Waals surface area contributed by atoms with Gasteiger partial charge in [0, 0.05) is 77.8 Å². The third-order valence-corrected chi connectivity index (χ3v) is 14.0. The molecule has 25 nitrogen and oxygen atoms in total. The predicted octanol–water partition coefficient (Wildman–Crippen LogP) is 2.91. The normalized spacial score (nSPS) is 24.0. The van der Waals surface area contributed by atoms with Crippen molar-refractivity contribution in [2.75, 3.05) is 112 Å². The Bertz CT molecular complexity index is 2370. The molecule has 26 heteroatoms. The average molecular weight is 1150 g/mol. The zero-order chi connectivity index (χ0) is 58.8. The number of esters is 1. The van der Waals surface area contributed by atoms with E-state index in [1.807, 2.05) is 32.1 Å². The summed E-state index contributed by atoms with van der Waals surface area (Å²) in [6.07, 6.45) is 6.48. The van der Waals surface area contributed by atoms with Gasteiger partial charge < -0.3 is 73.5 Å². The number of benzene rings is 1. The van der Waals surface area contributed by atoms with Gasteiger partial charge in [-0.2, -0.15) is 0 Å². The molecule has 0 aliphatic carbocycles. The Morgan fingerprint density at radius 2 is 1.64 bits per heavy atom. The third kappa shape index (κ3) is 20.7. The van der Waals surface area contributed by atoms with E-state index in [4.69, 9.17) is 70.2 Å². The summed E-state index contributed by atoms with van der Waals surface area (Å²) in [5, 5.41) is 9.15. The van der Waals surface area contributed by atoms with Crippen molar-refractivity contribution >= 4 is 59.3 Å². The minimum atomic E-state index is -1.24. The lowest BCUT2D eigenvalue weighted by Crippen LogP contribution is -2.47. The number of fused-ring (bicyclic) bond motifs is 3. The number of ether oxygens (including phenoxy) is 10. The standard InChI is InChI=1S/C54H79ClN8O17/c1-35-10-9-11-41(71-7)39(56)31-42(78-34-64)36(2)52-54(4,80-52)44(32-50(69)62(6)40-29-38(28-35)30-43(72-8)51(40)55)79-53(70)37(3)61(5)47(66)15-19-73-20-16-58-33-46(60-57)77-27-26-76-25-24-75-23-22-74-21-17-59-45(65)14-18-63-48(67)12-13-49(63)68/h9-13,29-30,33-34,36-37,39,41-42,44,52,57-58H,14-28,31-32,56H2,1-8H3,(H,59,65)/b11-9+,35-10+,46-33+,60-57?/t36-,37+,39?,41?,42?,44?,52?,54+/m1/s1. The number of imide groups is 1. The minimum Gasteiger partial charge on any atom is -0.495 e. The first kappa shape index (κ1) is 66.2. The van der Waals surface area contributed by atoms with Crippen LogP contribution in [0.2, 0.25) is 5.02 Å². The van der Waals surface area contributed by atoms with E-state index in [1.165, 1.54) is 56.3 Å². The summed E-state index contributed by atoms with van der Waals surface area (Å²) in [6.45, 7) is 9.93. The number of epoxide rings is 1. The maximum absolute atomic E-state index is 14.3. The first-order chi connectivity index (χ1) is 38.3. The second-order valence-corrected chi connectivity index (χ2v) is 19.7. The summed E-state index contributed by atoms with van der Waals surface area (Å²) >= 11 is 6.81. The van der Waals surface area contributed by atoms with E-state index in [0.717, 1.165) is 16.0 Å². The summed E-state index contributed by atoms with van der Waals surface area (Å²) in [4.78, 5) is 92.1. The number of methoxy groups -OCH3 is 2. The number of nitrogens with two attached hydrogens (primary N) is 1. The Morgan fingerprint density at radius 1 is 0.988 bits per heavy atom. The van der Waals surface area contributed by atoms with Crippen LogP contribution in [-0.2, 0) is 82.6 Å². The number of likely N-dealkylation sites (N-methyl/N-ethyl adjacent to an activating group) is 1. The quantitative estimate of drug-likeness (QED) is 0.0158. The van der Waals surface area contributed by atoms with Gasteiger partial charge in [0.25, 0.3) is 18.3 Å². The summed E-state index contributed by atoms with van der Waals surface area (Å²) in [7, 11) is 6.05. The molecular formula is C54H79ClN8O17. The summed E-state index contributed by atoms with van der Waals surface area (Å²) in [6, 6.07) is 1.90. The fourth-order valence-electron chi connectivity index (χ4n) is 8.63. The molecule has 2 bridgehead atoms. The molecule has 1 aromatic rings. The molecule has 4 rings (SSSR count). The highest BCUT2D eigenvalue weighted by Gasteiger charge is 2.63. The lowest BCUT2D eigenvalue weighted by atomic mass is 9.85. The fraction of sp³-hybridized carbons (Fsp3) is 0.611. The number of carbonyl (C=O) groups is 7. The zero-order valence-corrected chi connectivity index (χ0v) is 47.7. The highest BCUT2D eigenvalue weighted by molar-refractivity contribution is 6.35. The van der Waals surface area contributed by atoms with Crippen LogP contribution in [0.4, 0.5) is 5.69 Å². The first-order valence-corrected chi connectivity index (χ1v) is 26.7. The van der Waals surface area contributed by atoms with Gasteiger partial charge in [-0.3, -0.25) is 33.7 Å². The average Bonchev–Trinajstić information content (AvgIpc) is 4.27. The second kappa shape index (κ2) is 34.1. The summed E-state index contributed by atoms with van der Waals surface area (Å²) in [5.41, 5.74) is 15.0. The van der Waals surface area contributed by atoms with Crippen LogP contribution in [0.3, 0.4) is 0 Å². The topological polar surface area (TPSA) is 311 Å². The van der Waals surface area contributed by atoms with Crippen molar-refractivity contribution in [2.45, 2.75) is 102 Å². The van der Waals surface area contributed by atoms with Crippen molar-refractivity contribution < 1.29 is 80.9 Å². The SMILES string of the molecule is COc1cc2cc(c1Cl)N(C)C(=O)CC(OC(=O)[C@H](C)N(C)C(=O)CCOCCN/C=C(\N=N)OCCOCCOCCOCCNC(=O)CCN1C(=O)C=CC1=O)[C@]1(C)OC1[C@H](C)C(OC=O)CC(N)C(OC)/C=C/C=C(\C)C2. The van der Waals surface area contributed by atoms with E-state index < -0.39 is 77.6 Å². The Kier molecular flexibility index (Phi) is 28.2. The number of rotatable bonds is 31. The maximum atomic E-state index is 14.3. The van der Waals surface area contributed by atoms with Crippen LogP contribution in [0, 0.1) is 11.4 Å². The highest BCUT2D eigenvalue weighted by Crippen LogP contribution is 2.48. The van der Waals surface area contributed by atoms with Crippen LogP contribution in [0.1, 0.15) is 58.9 Å². The molecule has 1 saturated heterocycles. The van der Waals surface area contributed by atoms with Crippen molar-refractivity contribution in [3.8, 4) is 5.75 Å². The molecule has 1 fully saturated rings. The van der Waals surface area contributed by atoms with Gasteiger partial charge in [0.05, 0.1) is 96.9 Å². The predicted molar refractivity (Wildman–Crippen MR) is 290 cm³/mol. The monoisotopic (exact) mass is 1150 g/mol. The van der Waals surface area contributed by atoms with Crippen LogP contribution in [0.15, 0.2) is 65.3 Å². The van der Waals surface area contributed by atoms with Crippen molar-refractivity contribution in [3.63, 3.8) is 0 Å². The number of hydrogen-bond acceptors (Lipinski definition) is 21. The number of hydrogen-bond donors (Lipinski definition) is 4. The zero-order valence-electron chi connectivity index (χ0n) is 46.9. The molecule has 0 aromatic heterocycles. The molecule has 0 radical (unpaired) electrons. The van der Waals surface area contributed by atoms with E-state index in [0.29, 0.717) is 50.7 Å². The molecule has 0 saturated carbocycles. The number of amides is 5. The first-order valence-electron chi connectivity index (χ1n) is 26.3. The van der Waals surface area contributed by atoms with Gasteiger partial charge in [-0.1, -0.05) is 42.3 Å². The molecule has 444 valence electrons. The highest BCUT2D eigenvalue weighted by atomic mass is 35.5. The number of nitrogens with zero attached hydrogens (tertiary/aromatic N) is 4. The lowest BCUT2D eigenvalue weighted by molar-refractivity contribution is -0.162. The maximum Gasteiger partial charge on any atom is 0.328 e. The van der Waals surface area contributed by atoms with E-state index in [2.05, 4.69) is 15.7 Å². The van der Waals surface area contributed by atoms with E-state index >= 15 is 0 Å². The van der Waals surface area contributed by atoms with Gasteiger partial charge in [0.1, 0.15) is 41.2 Å². The van der Waals surface area contributed by atoms with Crippen LogP contribution >= 0.6 is 11.6 Å². The number of carbonyl (C=O) groups excluding carboxylic acids is 7. The van der Waals surface area contributed by atoms with Crippen molar-refractivity contribution in [1.29, 1.82) is 5.53 Å². The molecule has 3 aliphatic heterocycles. The van der Waals surface area contributed by atoms with Crippen LogP contribution < -0.4 is 26.0 Å². The molecule has 5 amide bonds. The van der Waals surface area contributed by atoms with Crippen molar-refractivity contribution in [2.24, 2.45) is 16.8 Å². The molecule has 5 N–H and O–H groups in total. The summed E-state index contributed by atoms with van der Waals surface area (Å²) < 4.78 is 56.8. The van der Waals surface area contributed by atoms with Gasteiger partial charge in [-0.05, 0) is 44.9 Å². The second-order valence-electron chi connectivity index (χ2n) is 19.3. The van der Waals surface area contributed by atoms with Gasteiger partial charge in [-0.15, -0.1) is 5.11 Å². The lowest BCUT2D eigenvalue weighted by Gasteiger charge is -2.30. The van der Waals surface area contributed by atoms with Crippen molar-refractivity contribution in [1.82, 2.24) is 20.4 Å². The third-order valence-electron chi connectivity index (χ3n) is 13.6. The Morgan fingerprint density at radius 3 is 2.29 bits per heavy atom. The Labute approximate surface area is 472 Å². The fourth-order valence-corrected chi connectivity index (χ4v) is 8.94. The van der Waals surface area contributed by atoms with Gasteiger partial charge in [0.2, 0.25) is 23.6 Å². The summed E-state index contributed by atoms with van der Waals surface area (Å²) in [5.74, 6) is -2.94. The molecule has 8 atom stereocenters. The molecule has 5 unspecified atom stereocenters. The molecule has 3 aliphatic rings. The van der Waals surface area contributed by atoms with Crippen LogP contribution in [-0.4, -0.2) is 201 Å². The van der Waals surface area contributed by atoms with Crippen LogP contribution in [0.25, 0.3) is 0 Å². The van der Waals surface area contributed by atoms with Gasteiger partial charge in [0.15, 0.2) is 0 Å². The molecule has 3 heterocycles. The number of nitrogens with one attached hydrogen (secondary N) is 3. The smallest absolute Gasteiger partial charge is 0.328 e. The number of halogens is 1. The molecule has 80 heavy (non-hydrogen) atoms. The van der Waals surface area contributed by atoms with Gasteiger partial charge in [-0.25, -0.2) is 10.3 Å². The molecule has 0 spiro atoms. The minimum absolute atomic E-state index is 0.00444. The number of anilines is 1. The Balaban J connectivity index is 1.20. The van der Waals surface area contributed by atoms with E-state index in [9.17, 15) is 33.6 Å². The van der Waals surface area contributed by atoms with Crippen molar-refractivity contribution in [3.05, 3.63) is 70.8 Å². The molecule has 1 aromatic carbocycles. The Hall–Kier alpha value is -6.32. The number of allylic oxidation sites excluding steroid dienone is 3. The van der Waals surface area contributed by atoms with Crippen LogP contribution in [0.5, 0.6) is 5.75 Å². The van der Waals surface area contributed by atoms with Gasteiger partial charge >= 0.3 is 5.97 Å². The molecular weight excluding hydrogens is 1070 g/mol.